The van der Waals surface area contributed by atoms with Gasteiger partial charge in [-0.05, 0) is 35.7 Å². The molecule has 9 heteroatoms. The zero-order valence-corrected chi connectivity index (χ0v) is 24.2. The van der Waals surface area contributed by atoms with Crippen molar-refractivity contribution in [1.82, 2.24) is 0 Å². The molecule has 228 valence electrons. The molecule has 0 amide bonds. The first-order valence-corrected chi connectivity index (χ1v) is 14.5. The van der Waals surface area contributed by atoms with Gasteiger partial charge in [0, 0.05) is 5.56 Å². The van der Waals surface area contributed by atoms with E-state index >= 15 is 0 Å². The predicted octanol–water partition coefficient (Wildman–Crippen LogP) is 4.87. The summed E-state index contributed by atoms with van der Waals surface area (Å²) in [5.41, 5.74) is 3.53. The molecule has 0 radical (unpaired) electrons. The van der Waals surface area contributed by atoms with E-state index in [2.05, 4.69) is 0 Å². The average Bonchev–Trinajstić information content (AvgIpc) is 3.06. The molecule has 2 aliphatic heterocycles. The molecular formula is C35H34O9. The van der Waals surface area contributed by atoms with Gasteiger partial charge < -0.3 is 38.6 Å². The van der Waals surface area contributed by atoms with Gasteiger partial charge in [-0.15, -0.1) is 0 Å². The Morgan fingerprint density at radius 1 is 0.795 bits per heavy atom. The number of benzene rings is 4. The number of carbonyl (C=O) groups excluding carboxylic acids is 1. The van der Waals surface area contributed by atoms with E-state index < -0.39 is 43.0 Å². The van der Waals surface area contributed by atoms with Crippen LogP contribution in [-0.2, 0) is 32.2 Å². The van der Waals surface area contributed by atoms with E-state index in [-0.39, 0.29) is 18.8 Å². The Morgan fingerprint density at radius 2 is 1.41 bits per heavy atom. The average molecular weight is 599 g/mol. The third-order valence-corrected chi connectivity index (χ3v) is 7.57. The number of aliphatic hydroxyl groups excluding tert-OH is 2. The molecule has 2 N–H and O–H groups in total. The van der Waals surface area contributed by atoms with Gasteiger partial charge >= 0.3 is 5.97 Å². The highest BCUT2D eigenvalue weighted by Crippen LogP contribution is 2.37. The summed E-state index contributed by atoms with van der Waals surface area (Å²) in [6.45, 7) is 2.45. The SMILES string of the molecule is Cc1cc(C(=O)O[C@@H]2O[C@@H]3COC(c4ccccc4)O[C@H]3[C@H](O)[C@H]2O)cc(OCc2ccccc2)c1OCc1ccccc1. The molecule has 2 saturated heterocycles. The molecule has 0 aliphatic carbocycles. The van der Waals surface area contributed by atoms with Crippen molar-refractivity contribution in [1.29, 1.82) is 0 Å². The lowest BCUT2D eigenvalue weighted by molar-refractivity contribution is -0.353. The monoisotopic (exact) mass is 598 g/mol. The fourth-order valence-electron chi connectivity index (χ4n) is 5.24. The van der Waals surface area contributed by atoms with E-state index in [1.54, 1.807) is 12.1 Å². The standard InChI is InChI=1S/C35H34O9/c1-22-17-26(18-27(39-19-23-11-5-2-6-12-23)31(22)40-20-24-13-7-3-8-14-24)33(38)44-35-30(37)29(36)32-28(42-35)21-41-34(43-32)25-15-9-4-10-16-25/h2-18,28-30,32,34-37H,19-21H2,1H3/t28-,29-,30-,32-,34?,35+/m1/s1. The number of hydrogen-bond acceptors (Lipinski definition) is 9. The van der Waals surface area contributed by atoms with Gasteiger partial charge in [0.1, 0.15) is 37.6 Å². The lowest BCUT2D eigenvalue weighted by atomic mass is 9.98. The van der Waals surface area contributed by atoms with E-state index in [0.29, 0.717) is 23.7 Å². The van der Waals surface area contributed by atoms with Gasteiger partial charge in [0.25, 0.3) is 0 Å². The maximum atomic E-state index is 13.4. The minimum atomic E-state index is -1.54. The Hall–Kier alpha value is -4.25. The van der Waals surface area contributed by atoms with E-state index in [1.807, 2.05) is 97.9 Å². The fraction of sp³-hybridized carbons (Fsp3) is 0.286. The van der Waals surface area contributed by atoms with Crippen LogP contribution in [-0.4, -0.2) is 53.5 Å². The van der Waals surface area contributed by atoms with Gasteiger partial charge in [-0.1, -0.05) is 91.0 Å². The fourth-order valence-corrected chi connectivity index (χ4v) is 5.24. The summed E-state index contributed by atoms with van der Waals surface area (Å²) in [6.07, 6.45) is -6.71. The second-order valence-corrected chi connectivity index (χ2v) is 10.8. The first kappa shape index (κ1) is 29.8. The van der Waals surface area contributed by atoms with Crippen LogP contribution in [0.4, 0.5) is 0 Å². The summed E-state index contributed by atoms with van der Waals surface area (Å²) in [6, 6.07) is 31.8. The largest absolute Gasteiger partial charge is 0.485 e. The van der Waals surface area contributed by atoms with Crippen molar-refractivity contribution in [3.8, 4) is 11.5 Å². The Bertz CT molecular complexity index is 1530. The topological polar surface area (TPSA) is 113 Å². The van der Waals surface area contributed by atoms with Gasteiger partial charge in [0.05, 0.1) is 12.2 Å². The molecule has 4 aromatic rings. The van der Waals surface area contributed by atoms with E-state index in [0.717, 1.165) is 16.7 Å². The number of carbonyl (C=O) groups is 1. The first-order chi connectivity index (χ1) is 21.5. The zero-order chi connectivity index (χ0) is 30.5. The maximum Gasteiger partial charge on any atom is 0.340 e. The number of aryl methyl sites for hydroxylation is 1. The summed E-state index contributed by atoms with van der Waals surface area (Å²) >= 11 is 0. The van der Waals surface area contributed by atoms with Crippen molar-refractivity contribution in [3.05, 3.63) is 131 Å². The number of fused-ring (bicyclic) bond motifs is 1. The quantitative estimate of drug-likeness (QED) is 0.261. The van der Waals surface area contributed by atoms with Crippen LogP contribution >= 0.6 is 0 Å². The molecule has 0 aromatic heterocycles. The maximum absolute atomic E-state index is 13.4. The second kappa shape index (κ2) is 13.6. The zero-order valence-electron chi connectivity index (χ0n) is 24.2. The van der Waals surface area contributed by atoms with Gasteiger partial charge in [0.15, 0.2) is 17.8 Å². The van der Waals surface area contributed by atoms with E-state index in [1.165, 1.54) is 0 Å². The van der Waals surface area contributed by atoms with E-state index in [9.17, 15) is 15.0 Å². The third kappa shape index (κ3) is 6.77. The Labute approximate surface area is 255 Å². The van der Waals surface area contributed by atoms with Crippen molar-refractivity contribution >= 4 is 5.97 Å². The summed E-state index contributed by atoms with van der Waals surface area (Å²) in [5, 5.41) is 21.8. The summed E-state index contributed by atoms with van der Waals surface area (Å²) in [4.78, 5) is 13.4. The van der Waals surface area contributed by atoms with Gasteiger partial charge in [-0.2, -0.15) is 0 Å². The third-order valence-electron chi connectivity index (χ3n) is 7.57. The molecule has 2 aliphatic rings. The number of rotatable bonds is 9. The van der Waals surface area contributed by atoms with Gasteiger partial charge in [-0.25, -0.2) is 4.79 Å². The van der Waals surface area contributed by atoms with Crippen LogP contribution in [0.5, 0.6) is 11.5 Å². The highest BCUT2D eigenvalue weighted by Gasteiger charge is 2.50. The molecule has 4 aromatic carbocycles. The van der Waals surface area contributed by atoms with Crippen LogP contribution < -0.4 is 9.47 Å². The minimum absolute atomic E-state index is 0.0755. The molecule has 0 spiro atoms. The Kier molecular flexibility index (Phi) is 9.20. The van der Waals surface area contributed by atoms with Crippen molar-refractivity contribution in [3.63, 3.8) is 0 Å². The van der Waals surface area contributed by atoms with Crippen molar-refractivity contribution < 1.29 is 43.4 Å². The summed E-state index contributed by atoms with van der Waals surface area (Å²) in [5.74, 6) is 0.0998. The van der Waals surface area contributed by atoms with Crippen LogP contribution in [0.3, 0.4) is 0 Å². The lowest BCUT2D eigenvalue weighted by Gasteiger charge is -2.45. The van der Waals surface area contributed by atoms with E-state index in [4.69, 9.17) is 28.4 Å². The molecule has 44 heavy (non-hydrogen) atoms. The molecule has 6 rings (SSSR count). The highest BCUT2D eigenvalue weighted by molar-refractivity contribution is 5.90. The Morgan fingerprint density at radius 3 is 2.07 bits per heavy atom. The smallest absolute Gasteiger partial charge is 0.340 e. The number of ether oxygens (including phenoxy) is 6. The van der Waals surface area contributed by atoms with Crippen molar-refractivity contribution in [2.45, 2.75) is 57.1 Å². The number of aliphatic hydroxyl groups is 2. The van der Waals surface area contributed by atoms with Crippen LogP contribution in [0.2, 0.25) is 0 Å². The molecular weight excluding hydrogens is 564 g/mol. The van der Waals surface area contributed by atoms with Crippen LogP contribution in [0, 0.1) is 6.92 Å². The molecule has 2 heterocycles. The normalized spacial score (nSPS) is 24.6. The minimum Gasteiger partial charge on any atom is -0.485 e. The first-order valence-electron chi connectivity index (χ1n) is 14.5. The van der Waals surface area contributed by atoms with Gasteiger partial charge in [-0.3, -0.25) is 0 Å². The molecule has 1 unspecified atom stereocenters. The molecule has 0 saturated carbocycles. The molecule has 6 atom stereocenters. The predicted molar refractivity (Wildman–Crippen MR) is 159 cm³/mol. The molecule has 0 bridgehead atoms. The van der Waals surface area contributed by atoms with Crippen molar-refractivity contribution in [2.24, 2.45) is 0 Å². The van der Waals surface area contributed by atoms with Crippen LogP contribution in [0.15, 0.2) is 103 Å². The van der Waals surface area contributed by atoms with Crippen LogP contribution in [0.1, 0.15) is 38.9 Å². The van der Waals surface area contributed by atoms with Gasteiger partial charge in [0.2, 0.25) is 6.29 Å². The Balaban J connectivity index is 1.17. The summed E-state index contributed by atoms with van der Waals surface area (Å²) < 4.78 is 35.5. The second-order valence-electron chi connectivity index (χ2n) is 10.8. The highest BCUT2D eigenvalue weighted by atomic mass is 16.8. The number of esters is 1. The molecule has 9 nitrogen and oxygen atoms in total. The number of hydrogen-bond donors (Lipinski definition) is 2. The van der Waals surface area contributed by atoms with Crippen molar-refractivity contribution in [2.75, 3.05) is 6.61 Å². The molecule has 2 fully saturated rings. The lowest BCUT2D eigenvalue weighted by Crippen LogP contribution is -2.62. The van der Waals surface area contributed by atoms with Crippen LogP contribution in [0.25, 0.3) is 0 Å². The summed E-state index contributed by atoms with van der Waals surface area (Å²) in [7, 11) is 0.